The zero-order chi connectivity index (χ0) is 36.0. The second-order valence-electron chi connectivity index (χ2n) is 12.3. The van der Waals surface area contributed by atoms with Crippen molar-refractivity contribution in [2.24, 2.45) is 0 Å². The van der Waals surface area contributed by atoms with Crippen molar-refractivity contribution in [3.63, 3.8) is 0 Å². The van der Waals surface area contributed by atoms with Crippen LogP contribution in [0.1, 0.15) is 117 Å². The minimum absolute atomic E-state index is 0.104. The molecular weight excluding hydrogens is 628 g/mol. The largest absolute Gasteiger partial charge is 0.462 e. The van der Waals surface area contributed by atoms with Crippen LogP contribution < -0.4 is 0 Å². The van der Waals surface area contributed by atoms with Crippen LogP contribution in [-0.2, 0) is 28.5 Å². The van der Waals surface area contributed by atoms with Crippen LogP contribution in [-0.4, -0.2) is 89.0 Å². The Morgan fingerprint density at radius 1 is 0.653 bits per heavy atom. The van der Waals surface area contributed by atoms with Crippen LogP contribution in [0.5, 0.6) is 0 Å². The van der Waals surface area contributed by atoms with E-state index in [4.69, 9.17) is 18.9 Å². The Hall–Kier alpha value is -2.60. The van der Waals surface area contributed by atoms with Crippen LogP contribution in [0.15, 0.2) is 60.8 Å². The Balaban J connectivity index is 2.49. The van der Waals surface area contributed by atoms with Gasteiger partial charge in [-0.25, -0.2) is 0 Å². The average molecular weight is 693 g/mol. The highest BCUT2D eigenvalue weighted by Crippen LogP contribution is 2.22. The Kier molecular flexibility index (Phi) is 27.4. The van der Waals surface area contributed by atoms with E-state index in [2.05, 4.69) is 62.5 Å². The SMILES string of the molecule is CC/C=C\C/C=C\C/C=C\C/C=C\CCC(=O)OC(COC(=O)CCCCCCC/C=C\CCCC)COC1OC(CO)C(O)C(O)C1O. The van der Waals surface area contributed by atoms with Crippen molar-refractivity contribution in [1.29, 1.82) is 0 Å². The number of allylic oxidation sites excluding steroid dienone is 10. The summed E-state index contributed by atoms with van der Waals surface area (Å²) < 4.78 is 21.9. The lowest BCUT2D eigenvalue weighted by Crippen LogP contribution is -2.59. The molecule has 10 nitrogen and oxygen atoms in total. The highest BCUT2D eigenvalue weighted by atomic mass is 16.7. The fourth-order valence-corrected chi connectivity index (χ4v) is 4.94. The molecule has 1 rings (SSSR count). The Bertz CT molecular complexity index is 986. The first kappa shape index (κ1) is 44.4. The van der Waals surface area contributed by atoms with Gasteiger partial charge in [-0.1, -0.05) is 107 Å². The molecule has 6 atom stereocenters. The molecule has 1 fully saturated rings. The number of carbonyl (C=O) groups excluding carboxylic acids is 2. The standard InChI is InChI=1S/C39H64O10/c1-3-5-7-9-11-13-15-16-18-20-22-24-26-28-35(42)48-32(31-47-39-38(45)37(44)36(43)33(29-40)49-39)30-46-34(41)27-25-23-21-19-17-14-12-10-8-6-4-2/h5,7,10-13,16,18,22,24,32-33,36-40,43-45H,3-4,6,8-9,14-15,17,19-21,23,25-31H2,1-2H3/b7-5-,12-10-,13-11-,18-16-,24-22-. The second kappa shape index (κ2) is 30.2. The summed E-state index contributed by atoms with van der Waals surface area (Å²) in [6.45, 7) is 3.14. The van der Waals surface area contributed by atoms with E-state index in [-0.39, 0.29) is 26.1 Å². The zero-order valence-corrected chi connectivity index (χ0v) is 29.9. The van der Waals surface area contributed by atoms with E-state index < -0.39 is 55.4 Å². The van der Waals surface area contributed by atoms with Crippen LogP contribution in [0.25, 0.3) is 0 Å². The van der Waals surface area contributed by atoms with Crippen molar-refractivity contribution in [2.45, 2.75) is 153 Å². The van der Waals surface area contributed by atoms with Crippen molar-refractivity contribution in [3.05, 3.63) is 60.8 Å². The number of hydrogen-bond donors (Lipinski definition) is 4. The molecule has 0 spiro atoms. The first-order valence-corrected chi connectivity index (χ1v) is 18.4. The number of unbranched alkanes of at least 4 members (excludes halogenated alkanes) is 7. The summed E-state index contributed by atoms with van der Waals surface area (Å²) in [6, 6.07) is 0. The molecule has 280 valence electrons. The molecular formula is C39H64O10. The van der Waals surface area contributed by atoms with E-state index in [0.29, 0.717) is 12.8 Å². The third kappa shape index (κ3) is 22.7. The minimum atomic E-state index is -1.61. The predicted molar refractivity (Wildman–Crippen MR) is 191 cm³/mol. The van der Waals surface area contributed by atoms with Gasteiger partial charge in [0, 0.05) is 12.8 Å². The molecule has 0 saturated carbocycles. The maximum atomic E-state index is 12.6. The number of ether oxygens (including phenoxy) is 4. The summed E-state index contributed by atoms with van der Waals surface area (Å²) in [4.78, 5) is 25.1. The van der Waals surface area contributed by atoms with Gasteiger partial charge in [-0.05, 0) is 57.8 Å². The molecule has 0 aliphatic carbocycles. The smallest absolute Gasteiger partial charge is 0.306 e. The summed E-state index contributed by atoms with van der Waals surface area (Å²) >= 11 is 0. The van der Waals surface area contributed by atoms with Crippen molar-refractivity contribution in [1.82, 2.24) is 0 Å². The first-order chi connectivity index (χ1) is 23.8. The van der Waals surface area contributed by atoms with E-state index in [9.17, 15) is 30.0 Å². The number of esters is 2. The van der Waals surface area contributed by atoms with Gasteiger partial charge in [0.2, 0.25) is 0 Å². The lowest BCUT2D eigenvalue weighted by Gasteiger charge is -2.39. The Morgan fingerprint density at radius 3 is 1.90 bits per heavy atom. The molecule has 0 aromatic heterocycles. The molecule has 1 saturated heterocycles. The topological polar surface area (TPSA) is 152 Å². The fourth-order valence-electron chi connectivity index (χ4n) is 4.94. The average Bonchev–Trinajstić information content (AvgIpc) is 3.10. The molecule has 0 aromatic rings. The third-order valence-electron chi connectivity index (χ3n) is 7.90. The molecule has 0 bridgehead atoms. The van der Waals surface area contributed by atoms with E-state index >= 15 is 0 Å². The van der Waals surface area contributed by atoms with Crippen molar-refractivity contribution in [3.8, 4) is 0 Å². The number of aliphatic hydroxyl groups is 4. The molecule has 0 aromatic carbocycles. The Labute approximate surface area is 294 Å². The van der Waals surface area contributed by atoms with Crippen LogP contribution in [0, 0.1) is 0 Å². The Morgan fingerprint density at radius 2 is 1.24 bits per heavy atom. The molecule has 4 N–H and O–H groups in total. The van der Waals surface area contributed by atoms with Gasteiger partial charge < -0.3 is 39.4 Å². The minimum Gasteiger partial charge on any atom is -0.462 e. The normalized spacial score (nSPS) is 22.3. The fraction of sp³-hybridized carbons (Fsp3) is 0.692. The molecule has 10 heteroatoms. The lowest BCUT2D eigenvalue weighted by atomic mass is 9.99. The predicted octanol–water partition coefficient (Wildman–Crippen LogP) is 6.32. The molecule has 0 amide bonds. The second-order valence-corrected chi connectivity index (χ2v) is 12.3. The van der Waals surface area contributed by atoms with Crippen LogP contribution >= 0.6 is 0 Å². The van der Waals surface area contributed by atoms with Gasteiger partial charge in [0.05, 0.1) is 13.2 Å². The monoisotopic (exact) mass is 692 g/mol. The molecule has 1 aliphatic rings. The number of rotatable bonds is 28. The quantitative estimate of drug-likeness (QED) is 0.0417. The highest BCUT2D eigenvalue weighted by molar-refractivity contribution is 5.70. The molecule has 1 aliphatic heterocycles. The van der Waals surface area contributed by atoms with Gasteiger partial charge in [0.25, 0.3) is 0 Å². The molecule has 0 radical (unpaired) electrons. The first-order valence-electron chi connectivity index (χ1n) is 18.4. The van der Waals surface area contributed by atoms with Gasteiger partial charge in [-0.2, -0.15) is 0 Å². The summed E-state index contributed by atoms with van der Waals surface area (Å²) in [5.74, 6) is -0.923. The van der Waals surface area contributed by atoms with Gasteiger partial charge in [-0.15, -0.1) is 0 Å². The van der Waals surface area contributed by atoms with Crippen LogP contribution in [0.2, 0.25) is 0 Å². The van der Waals surface area contributed by atoms with Crippen molar-refractivity contribution < 1.29 is 49.0 Å². The van der Waals surface area contributed by atoms with E-state index in [1.807, 2.05) is 12.2 Å². The van der Waals surface area contributed by atoms with Gasteiger partial charge >= 0.3 is 11.9 Å². The summed E-state index contributed by atoms with van der Waals surface area (Å²) in [5, 5.41) is 39.8. The maximum absolute atomic E-state index is 12.6. The van der Waals surface area contributed by atoms with Crippen LogP contribution in [0.4, 0.5) is 0 Å². The third-order valence-corrected chi connectivity index (χ3v) is 7.90. The summed E-state index contributed by atoms with van der Waals surface area (Å²) in [6.07, 6.45) is 26.8. The number of carbonyl (C=O) groups is 2. The van der Waals surface area contributed by atoms with Gasteiger partial charge in [-0.3, -0.25) is 9.59 Å². The summed E-state index contributed by atoms with van der Waals surface area (Å²) in [5.41, 5.74) is 0. The van der Waals surface area contributed by atoms with Crippen molar-refractivity contribution in [2.75, 3.05) is 19.8 Å². The zero-order valence-electron chi connectivity index (χ0n) is 29.9. The maximum Gasteiger partial charge on any atom is 0.306 e. The van der Waals surface area contributed by atoms with Crippen LogP contribution in [0.3, 0.4) is 0 Å². The molecule has 1 heterocycles. The molecule has 6 unspecified atom stereocenters. The van der Waals surface area contributed by atoms with Gasteiger partial charge in [0.1, 0.15) is 31.0 Å². The number of aliphatic hydroxyl groups excluding tert-OH is 4. The highest BCUT2D eigenvalue weighted by Gasteiger charge is 2.44. The van der Waals surface area contributed by atoms with E-state index in [0.717, 1.165) is 64.2 Å². The van der Waals surface area contributed by atoms with Gasteiger partial charge in [0.15, 0.2) is 12.4 Å². The lowest BCUT2D eigenvalue weighted by molar-refractivity contribution is -0.305. The molecule has 49 heavy (non-hydrogen) atoms. The van der Waals surface area contributed by atoms with E-state index in [1.54, 1.807) is 0 Å². The van der Waals surface area contributed by atoms with Crippen molar-refractivity contribution >= 4 is 11.9 Å². The number of hydrogen-bond acceptors (Lipinski definition) is 10. The summed E-state index contributed by atoms with van der Waals surface area (Å²) in [7, 11) is 0. The van der Waals surface area contributed by atoms with E-state index in [1.165, 1.54) is 12.8 Å².